The van der Waals surface area contributed by atoms with Crippen molar-refractivity contribution in [2.75, 3.05) is 0 Å². The lowest BCUT2D eigenvalue weighted by atomic mass is 10.0. The van der Waals surface area contributed by atoms with Gasteiger partial charge in [0.05, 0.1) is 16.7 Å². The highest BCUT2D eigenvalue weighted by atomic mass is 19.1. The number of hydrazone groups is 1. The van der Waals surface area contributed by atoms with Crippen LogP contribution in [0.25, 0.3) is 0 Å². The fraction of sp³-hybridized carbons (Fsp3) is 0.192. The zero-order valence-corrected chi connectivity index (χ0v) is 19.7. The van der Waals surface area contributed by atoms with Crippen LogP contribution in [0, 0.1) is 21.8 Å². The number of nitrogens with zero attached hydrogens (tertiary/aromatic N) is 2. The number of non-ortho nitro benzene ring substituents is 1. The van der Waals surface area contributed by atoms with Gasteiger partial charge in [-0.25, -0.2) is 9.82 Å². The van der Waals surface area contributed by atoms with Crippen molar-refractivity contribution in [3.05, 3.63) is 105 Å². The molecule has 0 fully saturated rings. The number of carbonyl (C=O) groups excluding carboxylic acids is 2. The number of halogens is 1. The maximum Gasteiger partial charge on any atom is 0.269 e. The van der Waals surface area contributed by atoms with Crippen molar-refractivity contribution in [1.82, 2.24) is 10.7 Å². The van der Waals surface area contributed by atoms with E-state index in [0.717, 1.165) is 5.56 Å². The second-order valence-electron chi connectivity index (χ2n) is 8.19. The first-order valence-electron chi connectivity index (χ1n) is 11.1. The smallest absolute Gasteiger partial charge is 0.269 e. The highest BCUT2D eigenvalue weighted by Gasteiger charge is 2.25. The fourth-order valence-corrected chi connectivity index (χ4v) is 3.17. The molecule has 0 aromatic heterocycles. The van der Waals surface area contributed by atoms with Crippen molar-refractivity contribution in [2.45, 2.75) is 26.5 Å². The van der Waals surface area contributed by atoms with E-state index in [4.69, 9.17) is 4.74 Å². The third-order valence-corrected chi connectivity index (χ3v) is 5.18. The molecule has 36 heavy (non-hydrogen) atoms. The number of nitro groups is 1. The largest absolute Gasteiger partial charge is 0.489 e. The van der Waals surface area contributed by atoms with Crippen molar-refractivity contribution < 1.29 is 23.6 Å². The Bertz CT molecular complexity index is 1240. The molecule has 0 aliphatic rings. The molecule has 3 aromatic rings. The van der Waals surface area contributed by atoms with E-state index in [9.17, 15) is 24.1 Å². The predicted molar refractivity (Wildman–Crippen MR) is 132 cm³/mol. The van der Waals surface area contributed by atoms with E-state index < -0.39 is 28.6 Å². The zero-order chi connectivity index (χ0) is 26.1. The number of hydrogen-bond donors (Lipinski definition) is 2. The minimum atomic E-state index is -0.913. The second-order valence-corrected chi connectivity index (χ2v) is 8.19. The van der Waals surface area contributed by atoms with Gasteiger partial charge in [-0.15, -0.1) is 0 Å². The summed E-state index contributed by atoms with van der Waals surface area (Å²) in [6, 6.07) is 17.6. The van der Waals surface area contributed by atoms with Crippen LogP contribution in [0.1, 0.15) is 35.3 Å². The molecule has 10 heteroatoms. The number of nitrogens with one attached hydrogen (secondary N) is 2. The van der Waals surface area contributed by atoms with Gasteiger partial charge in [-0.2, -0.15) is 5.10 Å². The minimum Gasteiger partial charge on any atom is -0.489 e. The van der Waals surface area contributed by atoms with Gasteiger partial charge >= 0.3 is 0 Å². The van der Waals surface area contributed by atoms with E-state index in [2.05, 4.69) is 15.8 Å². The minimum absolute atomic E-state index is 0.0154. The molecule has 0 saturated heterocycles. The standard InChI is InChI=1S/C26H25FN4O5/c1-17(2)24(29-25(32)22-5-3-4-6-23(22)27)26(33)30-28-15-18-9-13-21(14-10-18)36-16-19-7-11-20(12-8-19)31(34)35/h3-15,17,24H,16H2,1-2H3,(H,29,32)(H,30,33)/b28-15+. The SMILES string of the molecule is CC(C)C(NC(=O)c1ccccc1F)C(=O)N/N=C/c1ccc(OCc2ccc([N+](=O)[O-])cc2)cc1. The van der Waals surface area contributed by atoms with Gasteiger partial charge in [-0.05, 0) is 65.6 Å². The molecule has 1 atom stereocenters. The van der Waals surface area contributed by atoms with E-state index >= 15 is 0 Å². The molecule has 186 valence electrons. The second kappa shape index (κ2) is 12.2. The van der Waals surface area contributed by atoms with Gasteiger partial charge < -0.3 is 10.1 Å². The summed E-state index contributed by atoms with van der Waals surface area (Å²) in [5.41, 5.74) is 3.75. The summed E-state index contributed by atoms with van der Waals surface area (Å²) in [5.74, 6) is -1.56. The van der Waals surface area contributed by atoms with Crippen LogP contribution in [-0.4, -0.2) is 29.0 Å². The molecule has 0 aliphatic carbocycles. The topological polar surface area (TPSA) is 123 Å². The average molecular weight is 493 g/mol. The molecule has 3 aromatic carbocycles. The maximum absolute atomic E-state index is 13.9. The van der Waals surface area contributed by atoms with E-state index in [1.807, 2.05) is 0 Å². The molecule has 0 bridgehead atoms. The third kappa shape index (κ3) is 7.20. The first-order valence-corrected chi connectivity index (χ1v) is 11.1. The normalized spacial score (nSPS) is 11.8. The molecule has 9 nitrogen and oxygen atoms in total. The summed E-state index contributed by atoms with van der Waals surface area (Å²) in [4.78, 5) is 35.2. The molecule has 2 amide bonds. The number of hydrogen-bond acceptors (Lipinski definition) is 6. The summed E-state index contributed by atoms with van der Waals surface area (Å²) < 4.78 is 19.5. The van der Waals surface area contributed by atoms with E-state index in [1.54, 1.807) is 56.3 Å². The lowest BCUT2D eigenvalue weighted by Gasteiger charge is -2.20. The fourth-order valence-electron chi connectivity index (χ4n) is 3.17. The van der Waals surface area contributed by atoms with E-state index in [0.29, 0.717) is 11.3 Å². The zero-order valence-electron chi connectivity index (χ0n) is 19.7. The van der Waals surface area contributed by atoms with Crippen molar-refractivity contribution in [1.29, 1.82) is 0 Å². The summed E-state index contributed by atoms with van der Waals surface area (Å²) in [7, 11) is 0. The van der Waals surface area contributed by atoms with Crippen molar-refractivity contribution in [2.24, 2.45) is 11.0 Å². The Balaban J connectivity index is 1.52. The molecule has 0 aliphatic heterocycles. The lowest BCUT2D eigenvalue weighted by Crippen LogP contribution is -2.48. The van der Waals surface area contributed by atoms with Gasteiger partial charge in [0.1, 0.15) is 24.2 Å². The first kappa shape index (κ1) is 26.0. The Labute approximate surface area is 207 Å². The van der Waals surface area contributed by atoms with Crippen LogP contribution in [0.15, 0.2) is 77.9 Å². The van der Waals surface area contributed by atoms with Gasteiger partial charge in [0, 0.05) is 12.1 Å². The monoisotopic (exact) mass is 492 g/mol. The Morgan fingerprint density at radius 1 is 1.06 bits per heavy atom. The molecule has 0 radical (unpaired) electrons. The van der Waals surface area contributed by atoms with Gasteiger partial charge in [-0.3, -0.25) is 19.7 Å². The average Bonchev–Trinajstić information content (AvgIpc) is 2.87. The molecule has 0 heterocycles. The van der Waals surface area contributed by atoms with Crippen LogP contribution in [0.4, 0.5) is 10.1 Å². The third-order valence-electron chi connectivity index (χ3n) is 5.18. The van der Waals surface area contributed by atoms with E-state index in [1.165, 1.54) is 36.5 Å². The summed E-state index contributed by atoms with van der Waals surface area (Å²) >= 11 is 0. The number of benzene rings is 3. The number of rotatable bonds is 10. The highest BCUT2D eigenvalue weighted by molar-refractivity contribution is 5.98. The number of amides is 2. The van der Waals surface area contributed by atoms with Gasteiger partial charge in [0.2, 0.25) is 0 Å². The highest BCUT2D eigenvalue weighted by Crippen LogP contribution is 2.16. The Morgan fingerprint density at radius 3 is 2.33 bits per heavy atom. The number of ether oxygens (including phenoxy) is 1. The van der Waals surface area contributed by atoms with Crippen LogP contribution < -0.4 is 15.5 Å². The number of carbonyl (C=O) groups is 2. The first-order chi connectivity index (χ1) is 17.2. The summed E-state index contributed by atoms with van der Waals surface area (Å²) in [5, 5.41) is 17.2. The van der Waals surface area contributed by atoms with E-state index in [-0.39, 0.29) is 23.8 Å². The predicted octanol–water partition coefficient (Wildman–Crippen LogP) is 4.22. The summed E-state index contributed by atoms with van der Waals surface area (Å²) in [6.45, 7) is 3.76. The van der Waals surface area contributed by atoms with Crippen LogP contribution in [-0.2, 0) is 11.4 Å². The molecule has 2 N–H and O–H groups in total. The Morgan fingerprint density at radius 2 is 1.72 bits per heavy atom. The lowest BCUT2D eigenvalue weighted by molar-refractivity contribution is -0.384. The number of nitro benzene ring substituents is 1. The summed E-state index contributed by atoms with van der Waals surface area (Å²) in [6.07, 6.45) is 1.44. The molecular weight excluding hydrogens is 467 g/mol. The van der Waals surface area contributed by atoms with Gasteiger partial charge in [-0.1, -0.05) is 26.0 Å². The Hall–Kier alpha value is -4.60. The molecule has 3 rings (SSSR count). The maximum atomic E-state index is 13.9. The molecular formula is C26H25FN4O5. The quantitative estimate of drug-likeness (QED) is 0.249. The van der Waals surface area contributed by atoms with Crippen LogP contribution in [0.2, 0.25) is 0 Å². The van der Waals surface area contributed by atoms with Crippen LogP contribution in [0.5, 0.6) is 5.75 Å². The van der Waals surface area contributed by atoms with Gasteiger partial charge in [0.25, 0.3) is 17.5 Å². The van der Waals surface area contributed by atoms with Crippen molar-refractivity contribution in [3.8, 4) is 5.75 Å². The molecule has 0 spiro atoms. The van der Waals surface area contributed by atoms with Crippen LogP contribution >= 0.6 is 0 Å². The Kier molecular flexibility index (Phi) is 8.82. The van der Waals surface area contributed by atoms with Gasteiger partial charge in [0.15, 0.2) is 0 Å². The molecule has 0 saturated carbocycles. The van der Waals surface area contributed by atoms with Crippen LogP contribution in [0.3, 0.4) is 0 Å². The van der Waals surface area contributed by atoms with Crippen molar-refractivity contribution in [3.63, 3.8) is 0 Å². The van der Waals surface area contributed by atoms with Crippen molar-refractivity contribution >= 4 is 23.7 Å². The molecule has 1 unspecified atom stereocenters.